The van der Waals surface area contributed by atoms with Gasteiger partial charge in [0.25, 0.3) is 0 Å². The predicted octanol–water partition coefficient (Wildman–Crippen LogP) is 0.521. The van der Waals surface area contributed by atoms with Gasteiger partial charge in [-0.1, -0.05) is 6.07 Å². The first-order valence-electron chi connectivity index (χ1n) is 5.49. The molecule has 0 aliphatic carbocycles. The van der Waals surface area contributed by atoms with Gasteiger partial charge in [0, 0.05) is 11.9 Å². The van der Waals surface area contributed by atoms with Crippen LogP contribution in [0, 0.1) is 0 Å². The van der Waals surface area contributed by atoms with E-state index in [1.54, 1.807) is 18.4 Å². The Hall–Kier alpha value is -1.89. The fraction of sp³-hybridized carbons (Fsp3) is 0.364. The van der Waals surface area contributed by atoms with Crippen molar-refractivity contribution in [3.63, 3.8) is 0 Å². The maximum absolute atomic E-state index is 11.8. The fourth-order valence-electron chi connectivity index (χ4n) is 1.56. The van der Waals surface area contributed by atoms with Gasteiger partial charge in [-0.25, -0.2) is 9.48 Å². The molecule has 18 heavy (non-hydrogen) atoms. The van der Waals surface area contributed by atoms with Crippen molar-refractivity contribution in [3.05, 3.63) is 39.2 Å². The SMILES string of the molecule is CC(NC(=O)Cn1ncn(C)c1=O)c1cccs1. The molecule has 1 amide bonds. The van der Waals surface area contributed by atoms with Crippen molar-refractivity contribution < 1.29 is 4.79 Å². The summed E-state index contributed by atoms with van der Waals surface area (Å²) in [5.74, 6) is -0.225. The molecule has 7 heteroatoms. The molecule has 2 heterocycles. The van der Waals surface area contributed by atoms with Gasteiger partial charge in [0.2, 0.25) is 5.91 Å². The number of hydrogen-bond donors (Lipinski definition) is 1. The van der Waals surface area contributed by atoms with Crippen molar-refractivity contribution in [1.29, 1.82) is 0 Å². The van der Waals surface area contributed by atoms with Gasteiger partial charge < -0.3 is 5.32 Å². The van der Waals surface area contributed by atoms with E-state index in [2.05, 4.69) is 10.4 Å². The van der Waals surface area contributed by atoms with E-state index in [9.17, 15) is 9.59 Å². The summed E-state index contributed by atoms with van der Waals surface area (Å²) in [6.45, 7) is 1.85. The second-order valence-corrected chi connectivity index (χ2v) is 4.97. The molecule has 1 unspecified atom stereocenters. The Balaban J connectivity index is 1.97. The first kappa shape index (κ1) is 12.6. The van der Waals surface area contributed by atoms with E-state index < -0.39 is 0 Å². The van der Waals surface area contributed by atoms with Gasteiger partial charge >= 0.3 is 5.69 Å². The average molecular weight is 266 g/mol. The van der Waals surface area contributed by atoms with Crippen LogP contribution < -0.4 is 11.0 Å². The lowest BCUT2D eigenvalue weighted by molar-refractivity contribution is -0.122. The maximum atomic E-state index is 11.8. The summed E-state index contributed by atoms with van der Waals surface area (Å²) in [7, 11) is 1.60. The van der Waals surface area contributed by atoms with Crippen molar-refractivity contribution in [2.45, 2.75) is 19.5 Å². The quantitative estimate of drug-likeness (QED) is 0.877. The zero-order chi connectivity index (χ0) is 13.1. The fourth-order valence-corrected chi connectivity index (χ4v) is 2.30. The number of carbonyl (C=O) groups excluding carboxylic acids is 1. The third kappa shape index (κ3) is 2.67. The molecule has 6 nitrogen and oxygen atoms in total. The number of carbonyl (C=O) groups is 1. The second kappa shape index (κ2) is 5.18. The molecule has 0 aromatic carbocycles. The van der Waals surface area contributed by atoms with Crippen molar-refractivity contribution >= 4 is 17.2 Å². The molecule has 0 fully saturated rings. The van der Waals surface area contributed by atoms with E-state index in [4.69, 9.17) is 0 Å². The summed E-state index contributed by atoms with van der Waals surface area (Å²) in [5.41, 5.74) is -0.297. The topological polar surface area (TPSA) is 68.9 Å². The number of thiophene rings is 1. The van der Waals surface area contributed by atoms with Crippen LogP contribution in [-0.4, -0.2) is 20.3 Å². The van der Waals surface area contributed by atoms with Crippen molar-refractivity contribution in [1.82, 2.24) is 19.7 Å². The highest BCUT2D eigenvalue weighted by molar-refractivity contribution is 7.10. The first-order chi connectivity index (χ1) is 8.58. The largest absolute Gasteiger partial charge is 0.347 e. The third-order valence-electron chi connectivity index (χ3n) is 2.53. The Labute approximate surface area is 108 Å². The highest BCUT2D eigenvalue weighted by atomic mass is 32.1. The minimum Gasteiger partial charge on any atom is -0.347 e. The van der Waals surface area contributed by atoms with E-state index >= 15 is 0 Å². The molecular weight excluding hydrogens is 252 g/mol. The normalized spacial score (nSPS) is 12.3. The zero-order valence-electron chi connectivity index (χ0n) is 10.2. The van der Waals surface area contributed by atoms with Crippen LogP contribution >= 0.6 is 11.3 Å². The van der Waals surface area contributed by atoms with Gasteiger partial charge in [-0.3, -0.25) is 9.36 Å². The summed E-state index contributed by atoms with van der Waals surface area (Å²) in [6, 6.07) is 3.84. The van der Waals surface area contributed by atoms with Crippen LogP contribution in [0.25, 0.3) is 0 Å². The molecule has 0 saturated carbocycles. The van der Waals surface area contributed by atoms with Gasteiger partial charge in [0.1, 0.15) is 12.9 Å². The average Bonchev–Trinajstić information content (AvgIpc) is 2.94. The number of nitrogens with one attached hydrogen (secondary N) is 1. The Kier molecular flexibility index (Phi) is 3.61. The first-order valence-corrected chi connectivity index (χ1v) is 6.37. The van der Waals surface area contributed by atoms with Crippen molar-refractivity contribution in [2.24, 2.45) is 7.05 Å². The van der Waals surface area contributed by atoms with Crippen molar-refractivity contribution in [2.75, 3.05) is 0 Å². The monoisotopic (exact) mass is 266 g/mol. The van der Waals surface area contributed by atoms with Crippen LogP contribution in [0.15, 0.2) is 28.6 Å². The highest BCUT2D eigenvalue weighted by Crippen LogP contribution is 2.17. The number of aromatic nitrogens is 3. The van der Waals surface area contributed by atoms with Crippen LogP contribution in [0.4, 0.5) is 0 Å². The van der Waals surface area contributed by atoms with Gasteiger partial charge in [-0.15, -0.1) is 11.3 Å². The summed E-state index contributed by atoms with van der Waals surface area (Å²) >= 11 is 1.58. The lowest BCUT2D eigenvalue weighted by Crippen LogP contribution is -2.34. The van der Waals surface area contributed by atoms with Gasteiger partial charge in [0.05, 0.1) is 6.04 Å². The molecule has 0 bridgehead atoms. The van der Waals surface area contributed by atoms with E-state index in [0.29, 0.717) is 0 Å². The number of nitrogens with zero attached hydrogens (tertiary/aromatic N) is 3. The zero-order valence-corrected chi connectivity index (χ0v) is 11.0. The van der Waals surface area contributed by atoms with E-state index in [0.717, 1.165) is 9.56 Å². The van der Waals surface area contributed by atoms with Crippen molar-refractivity contribution in [3.8, 4) is 0 Å². The summed E-state index contributed by atoms with van der Waals surface area (Å²) < 4.78 is 2.46. The minimum atomic E-state index is -0.297. The van der Waals surface area contributed by atoms with Crippen LogP contribution in [0.1, 0.15) is 17.8 Å². The minimum absolute atomic E-state index is 0.0584. The Morgan fingerprint density at radius 3 is 2.94 bits per heavy atom. The Morgan fingerprint density at radius 2 is 2.39 bits per heavy atom. The smallest absolute Gasteiger partial charge is 0.345 e. The van der Waals surface area contributed by atoms with Crippen LogP contribution in [0.2, 0.25) is 0 Å². The predicted molar refractivity (Wildman–Crippen MR) is 68.3 cm³/mol. The van der Waals surface area contributed by atoms with E-state index in [-0.39, 0.29) is 24.2 Å². The van der Waals surface area contributed by atoms with E-state index in [1.807, 2.05) is 24.4 Å². The molecule has 2 rings (SSSR count). The molecule has 0 saturated heterocycles. The summed E-state index contributed by atoms with van der Waals surface area (Å²) in [4.78, 5) is 24.3. The summed E-state index contributed by atoms with van der Waals surface area (Å²) in [5, 5.41) is 8.62. The second-order valence-electron chi connectivity index (χ2n) is 3.99. The third-order valence-corrected chi connectivity index (χ3v) is 3.58. The molecule has 0 radical (unpaired) electrons. The number of aryl methyl sites for hydroxylation is 1. The van der Waals surface area contributed by atoms with Gasteiger partial charge in [0.15, 0.2) is 0 Å². The van der Waals surface area contributed by atoms with Gasteiger partial charge in [-0.2, -0.15) is 5.10 Å². The molecule has 0 spiro atoms. The molecule has 2 aromatic heterocycles. The molecule has 2 aromatic rings. The standard InChI is InChI=1S/C11H14N4O2S/c1-8(9-4-3-5-18-9)13-10(16)6-15-11(17)14(2)7-12-15/h3-5,7-8H,6H2,1-2H3,(H,13,16). The Bertz CT molecular complexity index is 584. The molecule has 1 atom stereocenters. The molecule has 0 aliphatic heterocycles. The van der Waals surface area contributed by atoms with Crippen LogP contribution in [0.5, 0.6) is 0 Å². The molecule has 96 valence electrons. The number of amides is 1. The highest BCUT2D eigenvalue weighted by Gasteiger charge is 2.12. The number of hydrogen-bond acceptors (Lipinski definition) is 4. The van der Waals surface area contributed by atoms with E-state index in [1.165, 1.54) is 10.9 Å². The molecular formula is C11H14N4O2S. The lowest BCUT2D eigenvalue weighted by Gasteiger charge is -2.11. The van der Waals surface area contributed by atoms with Crippen LogP contribution in [0.3, 0.4) is 0 Å². The molecule has 0 aliphatic rings. The maximum Gasteiger partial charge on any atom is 0.345 e. The lowest BCUT2D eigenvalue weighted by atomic mass is 10.3. The summed E-state index contributed by atoms with van der Waals surface area (Å²) in [6.07, 6.45) is 1.39. The molecule has 1 N–H and O–H groups in total. The van der Waals surface area contributed by atoms with Crippen LogP contribution in [-0.2, 0) is 18.4 Å². The Morgan fingerprint density at radius 1 is 1.61 bits per heavy atom. The van der Waals surface area contributed by atoms with Gasteiger partial charge in [-0.05, 0) is 18.4 Å². The number of rotatable bonds is 4.